The number of aryl methyl sites for hydroxylation is 1. The molecule has 0 fully saturated rings. The number of ether oxygens (including phenoxy) is 1. The summed E-state index contributed by atoms with van der Waals surface area (Å²) in [6.45, 7) is 1.69. The van der Waals surface area contributed by atoms with Crippen LogP contribution in [0, 0.1) is 18.3 Å². The Morgan fingerprint density at radius 1 is 1.06 bits per heavy atom. The first-order valence-corrected chi connectivity index (χ1v) is 11.8. The number of sulfone groups is 1. The Labute approximate surface area is 194 Å². The molecule has 6 nitrogen and oxygen atoms in total. The Balaban J connectivity index is 1.80. The molecule has 0 bridgehead atoms. The van der Waals surface area contributed by atoms with Gasteiger partial charge in [0.2, 0.25) is 5.91 Å². The van der Waals surface area contributed by atoms with Gasteiger partial charge in [-0.1, -0.05) is 30.3 Å². The Kier molecular flexibility index (Phi) is 6.98. The minimum absolute atomic E-state index is 0.0193. The van der Waals surface area contributed by atoms with Crippen LogP contribution in [0.1, 0.15) is 16.7 Å². The smallest absolute Gasteiger partial charge is 0.405 e. The van der Waals surface area contributed by atoms with E-state index in [1.807, 2.05) is 6.07 Å². The van der Waals surface area contributed by atoms with Gasteiger partial charge in [0.25, 0.3) is 0 Å². The lowest BCUT2D eigenvalue weighted by molar-refractivity contribution is -0.274. The van der Waals surface area contributed by atoms with E-state index in [1.54, 1.807) is 31.2 Å². The summed E-state index contributed by atoms with van der Waals surface area (Å²) in [5, 5.41) is 12.0. The monoisotopic (exact) mass is 488 g/mol. The first-order chi connectivity index (χ1) is 15.9. The van der Waals surface area contributed by atoms with Crippen LogP contribution in [-0.2, 0) is 21.1 Å². The standard InChI is InChI=1S/C24H19F3N2O4S/c1-15-11-18(8-10-20(15)21-5-3-4-6-22(21)33-24(25,26)27)29-23(30)13-16-7-9-19(34(2,31)32)12-17(16)14-28/h3-12H,13H2,1-2H3,(H,29,30). The highest BCUT2D eigenvalue weighted by Crippen LogP contribution is 2.36. The molecule has 0 saturated carbocycles. The van der Waals surface area contributed by atoms with Gasteiger partial charge in [-0.25, -0.2) is 8.42 Å². The maximum Gasteiger partial charge on any atom is 0.573 e. The lowest BCUT2D eigenvalue weighted by atomic mass is 9.99. The molecule has 0 saturated heterocycles. The zero-order chi connectivity index (χ0) is 25.1. The van der Waals surface area contributed by atoms with Crippen molar-refractivity contribution in [1.82, 2.24) is 0 Å². The first kappa shape index (κ1) is 24.8. The second-order valence-corrected chi connectivity index (χ2v) is 9.52. The van der Waals surface area contributed by atoms with Crippen molar-refractivity contribution < 1.29 is 31.1 Å². The van der Waals surface area contributed by atoms with Gasteiger partial charge >= 0.3 is 6.36 Å². The van der Waals surface area contributed by atoms with Crippen LogP contribution in [0.3, 0.4) is 0 Å². The molecule has 10 heteroatoms. The van der Waals surface area contributed by atoms with Crippen molar-refractivity contribution in [3.63, 3.8) is 0 Å². The summed E-state index contributed by atoms with van der Waals surface area (Å²) in [7, 11) is -3.50. The van der Waals surface area contributed by atoms with Gasteiger partial charge in [-0.3, -0.25) is 4.79 Å². The quantitative estimate of drug-likeness (QED) is 0.526. The van der Waals surface area contributed by atoms with Gasteiger partial charge in [-0.05, 0) is 53.9 Å². The van der Waals surface area contributed by atoms with Crippen molar-refractivity contribution in [2.24, 2.45) is 0 Å². The largest absolute Gasteiger partial charge is 0.573 e. The van der Waals surface area contributed by atoms with Crippen molar-refractivity contribution >= 4 is 21.4 Å². The van der Waals surface area contributed by atoms with E-state index in [1.165, 1.54) is 36.4 Å². The molecule has 1 amide bonds. The van der Waals surface area contributed by atoms with Crippen LogP contribution in [0.25, 0.3) is 11.1 Å². The van der Waals surface area contributed by atoms with Gasteiger partial charge in [0.15, 0.2) is 9.84 Å². The molecule has 0 aliphatic carbocycles. The number of hydrogen-bond acceptors (Lipinski definition) is 5. The van der Waals surface area contributed by atoms with Gasteiger partial charge in [0.1, 0.15) is 5.75 Å². The van der Waals surface area contributed by atoms with Crippen LogP contribution in [-0.4, -0.2) is 26.9 Å². The maximum absolute atomic E-state index is 12.7. The number of nitriles is 1. The van der Waals surface area contributed by atoms with Crippen molar-refractivity contribution in [1.29, 1.82) is 5.26 Å². The van der Waals surface area contributed by atoms with Gasteiger partial charge in [0.05, 0.1) is 22.9 Å². The Hall–Kier alpha value is -3.84. The number of amides is 1. The number of anilines is 1. The molecule has 0 aliphatic heterocycles. The normalized spacial score (nSPS) is 11.5. The Morgan fingerprint density at radius 2 is 1.76 bits per heavy atom. The molecule has 1 N–H and O–H groups in total. The molecule has 0 aliphatic rings. The van der Waals surface area contributed by atoms with Gasteiger partial charge in [0, 0.05) is 17.5 Å². The maximum atomic E-state index is 12.7. The summed E-state index contributed by atoms with van der Waals surface area (Å²) in [4.78, 5) is 12.5. The van der Waals surface area contributed by atoms with Gasteiger partial charge in [-0.15, -0.1) is 13.2 Å². The molecule has 0 spiro atoms. The molecule has 0 aromatic heterocycles. The number of carbonyl (C=O) groups is 1. The number of hydrogen-bond donors (Lipinski definition) is 1. The molecule has 3 rings (SSSR count). The fraction of sp³-hybridized carbons (Fsp3) is 0.167. The second-order valence-electron chi connectivity index (χ2n) is 7.50. The minimum atomic E-state index is -4.83. The van der Waals surface area contributed by atoms with Gasteiger partial charge in [-0.2, -0.15) is 5.26 Å². The number of para-hydroxylation sites is 1. The van der Waals surface area contributed by atoms with E-state index in [-0.39, 0.29) is 28.2 Å². The molecular formula is C24H19F3N2O4S. The van der Waals surface area contributed by atoms with E-state index in [9.17, 15) is 31.6 Å². The van der Waals surface area contributed by atoms with Crippen molar-refractivity contribution in [2.45, 2.75) is 24.6 Å². The van der Waals surface area contributed by atoms with Crippen molar-refractivity contribution in [2.75, 3.05) is 11.6 Å². The summed E-state index contributed by atoms with van der Waals surface area (Å²) in [5.41, 5.74) is 2.20. The van der Waals surface area contributed by atoms with Crippen LogP contribution < -0.4 is 10.1 Å². The first-order valence-electron chi connectivity index (χ1n) is 9.86. The van der Waals surface area contributed by atoms with E-state index in [0.717, 1.165) is 6.26 Å². The number of alkyl halides is 3. The predicted octanol–water partition coefficient (Wildman–Crippen LogP) is 5.02. The summed E-state index contributed by atoms with van der Waals surface area (Å²) >= 11 is 0. The third-order valence-corrected chi connectivity index (χ3v) is 6.00. The zero-order valence-corrected chi connectivity index (χ0v) is 18.9. The highest BCUT2D eigenvalue weighted by atomic mass is 32.2. The molecule has 0 heterocycles. The zero-order valence-electron chi connectivity index (χ0n) is 18.1. The predicted molar refractivity (Wildman–Crippen MR) is 120 cm³/mol. The lowest BCUT2D eigenvalue weighted by Gasteiger charge is -2.15. The van der Waals surface area contributed by atoms with Crippen LogP contribution in [0.2, 0.25) is 0 Å². The molecule has 0 atom stereocenters. The fourth-order valence-electron chi connectivity index (χ4n) is 3.37. The van der Waals surface area contributed by atoms with Crippen molar-refractivity contribution in [3.8, 4) is 22.9 Å². The Bertz CT molecular complexity index is 1390. The van der Waals surface area contributed by atoms with Crippen LogP contribution in [0.5, 0.6) is 5.75 Å². The summed E-state index contributed by atoms with van der Waals surface area (Å²) in [6, 6.07) is 16.3. The molecule has 0 radical (unpaired) electrons. The molecule has 3 aromatic rings. The number of rotatable bonds is 6. The number of halogens is 3. The SMILES string of the molecule is Cc1cc(NC(=O)Cc2ccc(S(C)(=O)=O)cc2C#N)ccc1-c1ccccc1OC(F)(F)F. The number of carbonyl (C=O) groups excluding carboxylic acids is 1. The Morgan fingerprint density at radius 3 is 2.38 bits per heavy atom. The summed E-state index contributed by atoms with van der Waals surface area (Å²) in [5.74, 6) is -0.784. The van der Waals surface area contributed by atoms with E-state index < -0.39 is 22.1 Å². The van der Waals surface area contributed by atoms with Crippen LogP contribution in [0.4, 0.5) is 18.9 Å². The second kappa shape index (κ2) is 9.57. The highest BCUT2D eigenvalue weighted by Gasteiger charge is 2.32. The van der Waals surface area contributed by atoms with Gasteiger partial charge < -0.3 is 10.1 Å². The molecular weight excluding hydrogens is 469 g/mol. The third kappa shape index (κ3) is 6.14. The van der Waals surface area contributed by atoms with E-state index in [4.69, 9.17) is 0 Å². The molecule has 176 valence electrons. The van der Waals surface area contributed by atoms with E-state index in [0.29, 0.717) is 22.4 Å². The average Bonchev–Trinajstić information content (AvgIpc) is 2.73. The summed E-state index contributed by atoms with van der Waals surface area (Å²) in [6.07, 6.45) is -3.98. The van der Waals surface area contributed by atoms with E-state index >= 15 is 0 Å². The number of benzene rings is 3. The number of nitrogens with one attached hydrogen (secondary N) is 1. The fourth-order valence-corrected chi connectivity index (χ4v) is 4.02. The third-order valence-electron chi connectivity index (χ3n) is 4.89. The number of nitrogens with zero attached hydrogens (tertiary/aromatic N) is 1. The minimum Gasteiger partial charge on any atom is -0.405 e. The van der Waals surface area contributed by atoms with Crippen molar-refractivity contribution in [3.05, 3.63) is 77.4 Å². The van der Waals surface area contributed by atoms with Crippen LogP contribution >= 0.6 is 0 Å². The van der Waals surface area contributed by atoms with E-state index in [2.05, 4.69) is 10.1 Å². The molecule has 3 aromatic carbocycles. The average molecular weight is 488 g/mol. The lowest BCUT2D eigenvalue weighted by Crippen LogP contribution is -2.17. The molecule has 0 unspecified atom stereocenters. The van der Waals surface area contributed by atoms with Crippen LogP contribution in [0.15, 0.2) is 65.6 Å². The highest BCUT2D eigenvalue weighted by molar-refractivity contribution is 7.90. The topological polar surface area (TPSA) is 96.3 Å². The molecule has 34 heavy (non-hydrogen) atoms. The summed E-state index contributed by atoms with van der Waals surface area (Å²) < 4.78 is 65.7.